The molecule has 0 spiro atoms. The molecule has 1 aromatic heterocycles. The molecule has 0 aliphatic carbocycles. The van der Waals surface area contributed by atoms with Crippen LogP contribution in [0.5, 0.6) is 5.75 Å². The van der Waals surface area contributed by atoms with Crippen molar-refractivity contribution in [2.75, 3.05) is 25.6 Å². The van der Waals surface area contributed by atoms with Crippen molar-refractivity contribution < 1.29 is 23.9 Å². The van der Waals surface area contributed by atoms with E-state index >= 15 is 0 Å². The third kappa shape index (κ3) is 5.92. The number of aromatic nitrogens is 2. The minimum Gasteiger partial charge on any atom is -0.495 e. The topological polar surface area (TPSA) is 112 Å². The first-order chi connectivity index (χ1) is 15.0. The molecule has 0 saturated carbocycles. The van der Waals surface area contributed by atoms with E-state index in [4.69, 9.17) is 9.47 Å². The number of ether oxygens (including phenoxy) is 2. The maximum Gasteiger partial charge on any atom is 0.341 e. The van der Waals surface area contributed by atoms with Crippen LogP contribution in [0.25, 0.3) is 5.69 Å². The Morgan fingerprint density at radius 1 is 1.06 bits per heavy atom. The fourth-order valence-corrected chi connectivity index (χ4v) is 2.71. The van der Waals surface area contributed by atoms with Crippen molar-refractivity contribution in [2.45, 2.75) is 6.92 Å². The number of esters is 1. The lowest BCUT2D eigenvalue weighted by Crippen LogP contribution is -2.35. The van der Waals surface area contributed by atoms with Gasteiger partial charge < -0.3 is 20.1 Å². The zero-order chi connectivity index (χ0) is 22.2. The monoisotopic (exact) mass is 422 g/mol. The van der Waals surface area contributed by atoms with Crippen molar-refractivity contribution in [3.05, 3.63) is 72.1 Å². The number of amides is 2. The summed E-state index contributed by atoms with van der Waals surface area (Å²) < 4.78 is 11.7. The van der Waals surface area contributed by atoms with Gasteiger partial charge in [0.1, 0.15) is 5.75 Å². The Bertz CT molecular complexity index is 1080. The Morgan fingerprint density at radius 3 is 2.58 bits per heavy atom. The van der Waals surface area contributed by atoms with E-state index in [2.05, 4.69) is 15.7 Å². The highest BCUT2D eigenvalue weighted by molar-refractivity contribution is 5.96. The molecule has 3 aromatic rings. The zero-order valence-corrected chi connectivity index (χ0v) is 17.1. The van der Waals surface area contributed by atoms with Gasteiger partial charge in [-0.25, -0.2) is 9.48 Å². The third-order valence-corrected chi connectivity index (χ3v) is 4.25. The number of carbonyl (C=O) groups is 3. The summed E-state index contributed by atoms with van der Waals surface area (Å²) in [6.07, 6.45) is 2.87. The molecule has 0 radical (unpaired) electrons. The van der Waals surface area contributed by atoms with E-state index in [0.29, 0.717) is 11.4 Å². The number of hydrogen-bond donors (Lipinski definition) is 2. The van der Waals surface area contributed by atoms with Crippen molar-refractivity contribution >= 4 is 23.5 Å². The highest BCUT2D eigenvalue weighted by atomic mass is 16.5. The van der Waals surface area contributed by atoms with Gasteiger partial charge in [-0.1, -0.05) is 24.3 Å². The number of nitrogens with zero attached hydrogens (tertiary/aromatic N) is 2. The first-order valence-electron chi connectivity index (χ1n) is 9.44. The van der Waals surface area contributed by atoms with Crippen LogP contribution in [0, 0.1) is 6.92 Å². The lowest BCUT2D eigenvalue weighted by molar-refractivity contribution is -0.126. The number of benzene rings is 2. The van der Waals surface area contributed by atoms with Gasteiger partial charge in [-0.2, -0.15) is 5.10 Å². The van der Waals surface area contributed by atoms with Gasteiger partial charge in [-0.3, -0.25) is 9.59 Å². The molecular formula is C22H22N4O5. The van der Waals surface area contributed by atoms with Gasteiger partial charge in [-0.05, 0) is 36.8 Å². The van der Waals surface area contributed by atoms with Crippen LogP contribution < -0.4 is 15.4 Å². The number of nitrogens with one attached hydrogen (secondary N) is 2. The number of methoxy groups -OCH3 is 1. The fraction of sp³-hybridized carbons (Fsp3) is 0.182. The molecule has 2 amide bonds. The average molecular weight is 422 g/mol. The predicted octanol–water partition coefficient (Wildman–Crippen LogP) is 2.10. The predicted molar refractivity (Wildman–Crippen MR) is 113 cm³/mol. The molecule has 9 nitrogen and oxygen atoms in total. The Balaban J connectivity index is 1.45. The molecule has 9 heteroatoms. The quantitative estimate of drug-likeness (QED) is 0.538. The fourth-order valence-electron chi connectivity index (χ4n) is 2.71. The van der Waals surface area contributed by atoms with E-state index in [9.17, 15) is 14.4 Å². The first-order valence-corrected chi connectivity index (χ1v) is 9.44. The summed E-state index contributed by atoms with van der Waals surface area (Å²) in [6, 6.07) is 14.6. The van der Waals surface area contributed by atoms with Gasteiger partial charge in [0.2, 0.25) is 5.91 Å². The summed E-state index contributed by atoms with van der Waals surface area (Å²) >= 11 is 0. The number of para-hydroxylation sites is 1. The van der Waals surface area contributed by atoms with Crippen LogP contribution in [0.15, 0.2) is 60.9 Å². The number of aryl methyl sites for hydroxylation is 1. The highest BCUT2D eigenvalue weighted by Gasteiger charge is 2.14. The summed E-state index contributed by atoms with van der Waals surface area (Å²) in [4.78, 5) is 36.1. The Kier molecular flexibility index (Phi) is 7.00. The van der Waals surface area contributed by atoms with E-state index in [1.54, 1.807) is 12.1 Å². The standard InChI is InChI=1S/C22H22N4O5/c1-15-8-9-19(30-2)18(10-15)25-20(27)12-23-21(28)14-31-22(29)16-11-24-26(13-16)17-6-4-3-5-7-17/h3-11,13H,12,14H2,1-2H3,(H,23,28)(H,25,27). The SMILES string of the molecule is COc1ccc(C)cc1NC(=O)CNC(=O)COC(=O)c1cnn(-c2ccccc2)c1. The van der Waals surface area contributed by atoms with Gasteiger partial charge in [-0.15, -0.1) is 0 Å². The third-order valence-electron chi connectivity index (χ3n) is 4.25. The molecule has 0 aliphatic heterocycles. The van der Waals surface area contributed by atoms with E-state index in [-0.39, 0.29) is 12.1 Å². The van der Waals surface area contributed by atoms with Gasteiger partial charge >= 0.3 is 5.97 Å². The molecule has 31 heavy (non-hydrogen) atoms. The highest BCUT2D eigenvalue weighted by Crippen LogP contribution is 2.24. The molecule has 0 atom stereocenters. The second-order valence-corrected chi connectivity index (χ2v) is 6.61. The van der Waals surface area contributed by atoms with Crippen molar-refractivity contribution in [1.82, 2.24) is 15.1 Å². The van der Waals surface area contributed by atoms with E-state index < -0.39 is 24.4 Å². The zero-order valence-electron chi connectivity index (χ0n) is 17.1. The van der Waals surface area contributed by atoms with E-state index in [1.165, 1.54) is 24.2 Å². The van der Waals surface area contributed by atoms with Gasteiger partial charge in [0.15, 0.2) is 6.61 Å². The lowest BCUT2D eigenvalue weighted by Gasteiger charge is -2.11. The van der Waals surface area contributed by atoms with Crippen molar-refractivity contribution in [3.8, 4) is 11.4 Å². The van der Waals surface area contributed by atoms with Crippen molar-refractivity contribution in [3.63, 3.8) is 0 Å². The summed E-state index contributed by atoms with van der Waals surface area (Å²) in [6.45, 7) is 1.09. The molecule has 0 unspecified atom stereocenters. The van der Waals surface area contributed by atoms with Gasteiger partial charge in [0.25, 0.3) is 5.91 Å². The molecule has 0 fully saturated rings. The molecule has 2 N–H and O–H groups in total. The number of carbonyl (C=O) groups excluding carboxylic acids is 3. The van der Waals surface area contributed by atoms with Crippen LogP contribution in [0.3, 0.4) is 0 Å². The second-order valence-electron chi connectivity index (χ2n) is 6.61. The molecule has 1 heterocycles. The summed E-state index contributed by atoms with van der Waals surface area (Å²) in [5.74, 6) is -1.22. The van der Waals surface area contributed by atoms with Crippen LogP contribution in [-0.4, -0.2) is 47.8 Å². The normalized spacial score (nSPS) is 10.3. The first kappa shape index (κ1) is 21.6. The second kappa shape index (κ2) is 10.1. The Morgan fingerprint density at radius 2 is 1.84 bits per heavy atom. The summed E-state index contributed by atoms with van der Waals surface area (Å²) in [5.41, 5.74) is 2.45. The molecule has 0 bridgehead atoms. The maximum absolute atomic E-state index is 12.1. The van der Waals surface area contributed by atoms with Crippen molar-refractivity contribution in [2.24, 2.45) is 0 Å². The van der Waals surface area contributed by atoms with Crippen LogP contribution in [0.4, 0.5) is 5.69 Å². The van der Waals surface area contributed by atoms with E-state index in [1.807, 2.05) is 43.3 Å². The number of rotatable bonds is 8. The number of anilines is 1. The van der Waals surface area contributed by atoms with Crippen molar-refractivity contribution in [1.29, 1.82) is 0 Å². The minimum absolute atomic E-state index is 0.209. The van der Waals surface area contributed by atoms with Crippen LogP contribution in [-0.2, 0) is 14.3 Å². The van der Waals surface area contributed by atoms with Gasteiger partial charge in [0, 0.05) is 6.20 Å². The molecule has 3 rings (SSSR count). The Labute approximate surface area is 179 Å². The smallest absolute Gasteiger partial charge is 0.341 e. The lowest BCUT2D eigenvalue weighted by atomic mass is 10.2. The van der Waals surface area contributed by atoms with E-state index in [0.717, 1.165) is 11.3 Å². The average Bonchev–Trinajstić information content (AvgIpc) is 3.27. The molecule has 0 saturated heterocycles. The molecule has 0 aliphatic rings. The minimum atomic E-state index is -0.689. The largest absolute Gasteiger partial charge is 0.495 e. The Hall–Kier alpha value is -4.14. The maximum atomic E-state index is 12.1. The van der Waals surface area contributed by atoms with Crippen LogP contribution >= 0.6 is 0 Å². The van der Waals surface area contributed by atoms with Crippen LogP contribution in [0.2, 0.25) is 0 Å². The molecule has 160 valence electrons. The number of hydrogen-bond acceptors (Lipinski definition) is 6. The summed E-state index contributed by atoms with van der Waals surface area (Å²) in [7, 11) is 1.50. The molecule has 2 aromatic carbocycles. The van der Waals surface area contributed by atoms with Gasteiger partial charge in [0.05, 0.1) is 36.8 Å². The summed E-state index contributed by atoms with van der Waals surface area (Å²) in [5, 5.41) is 9.18. The molecular weight excluding hydrogens is 400 g/mol. The van der Waals surface area contributed by atoms with Crippen LogP contribution in [0.1, 0.15) is 15.9 Å².